The van der Waals surface area contributed by atoms with Gasteiger partial charge in [0, 0.05) is 34.2 Å². The number of alkyl halides is 3. The van der Waals surface area contributed by atoms with Gasteiger partial charge in [-0.1, -0.05) is 18.2 Å². The predicted molar refractivity (Wildman–Crippen MR) is 86.3 cm³/mol. The van der Waals surface area contributed by atoms with Crippen molar-refractivity contribution in [3.63, 3.8) is 0 Å². The van der Waals surface area contributed by atoms with Crippen molar-refractivity contribution in [2.75, 3.05) is 0 Å². The van der Waals surface area contributed by atoms with Crippen LogP contribution in [0, 0.1) is 0 Å². The van der Waals surface area contributed by atoms with E-state index in [0.29, 0.717) is 22.9 Å². The fourth-order valence-corrected chi connectivity index (χ4v) is 2.91. The number of aldehydes is 1. The molecule has 0 radical (unpaired) electrons. The molecule has 126 valence electrons. The van der Waals surface area contributed by atoms with E-state index in [-0.39, 0.29) is 11.2 Å². The minimum Gasteiger partial charge on any atom is -0.360 e. The number of hydrogen-bond acceptors (Lipinski definition) is 3. The van der Waals surface area contributed by atoms with Crippen LogP contribution < -0.4 is 0 Å². The van der Waals surface area contributed by atoms with Crippen LogP contribution in [-0.4, -0.2) is 32.2 Å². The van der Waals surface area contributed by atoms with Crippen LogP contribution in [0.5, 0.6) is 0 Å². The molecular formula is C17H11F3N4O. The molecule has 1 N–H and O–H groups in total. The summed E-state index contributed by atoms with van der Waals surface area (Å²) in [6.45, 7) is -1.24. The molecule has 0 unspecified atom stereocenters. The van der Waals surface area contributed by atoms with E-state index in [9.17, 15) is 18.0 Å². The highest BCUT2D eigenvalue weighted by molar-refractivity contribution is 6.03. The maximum Gasteiger partial charge on any atom is 0.408 e. The third kappa shape index (κ3) is 2.65. The van der Waals surface area contributed by atoms with E-state index in [1.54, 1.807) is 6.20 Å². The van der Waals surface area contributed by atoms with Gasteiger partial charge in [-0.05, 0) is 12.1 Å². The molecule has 0 aliphatic rings. The first-order chi connectivity index (χ1) is 12.0. The van der Waals surface area contributed by atoms with Crippen LogP contribution in [0.4, 0.5) is 13.2 Å². The second-order valence-electron chi connectivity index (χ2n) is 5.61. The van der Waals surface area contributed by atoms with Crippen molar-refractivity contribution in [1.29, 1.82) is 0 Å². The Kier molecular flexibility index (Phi) is 3.34. The van der Waals surface area contributed by atoms with Crippen molar-refractivity contribution >= 4 is 28.1 Å². The maximum atomic E-state index is 12.9. The average molecular weight is 344 g/mol. The van der Waals surface area contributed by atoms with Crippen LogP contribution in [-0.2, 0) is 6.54 Å². The molecule has 0 spiro atoms. The smallest absolute Gasteiger partial charge is 0.360 e. The summed E-state index contributed by atoms with van der Waals surface area (Å²) in [5.41, 5.74) is 2.20. The Hall–Kier alpha value is -3.16. The Bertz CT molecular complexity index is 1090. The number of para-hydroxylation sites is 1. The van der Waals surface area contributed by atoms with Crippen molar-refractivity contribution in [3.8, 4) is 11.3 Å². The minimum atomic E-state index is -4.43. The summed E-state index contributed by atoms with van der Waals surface area (Å²) in [5.74, 6) is 0. The molecule has 1 aromatic carbocycles. The topological polar surface area (TPSA) is 63.6 Å². The lowest BCUT2D eigenvalue weighted by atomic mass is 10.1. The van der Waals surface area contributed by atoms with Crippen LogP contribution in [0.25, 0.3) is 33.1 Å². The summed E-state index contributed by atoms with van der Waals surface area (Å²) in [5, 5.41) is 5.47. The number of benzene rings is 1. The van der Waals surface area contributed by atoms with Crippen molar-refractivity contribution < 1.29 is 18.0 Å². The summed E-state index contributed by atoms with van der Waals surface area (Å²) in [4.78, 5) is 18.0. The number of aromatic amines is 1. The first-order valence-electron chi connectivity index (χ1n) is 7.41. The van der Waals surface area contributed by atoms with Crippen molar-refractivity contribution in [2.24, 2.45) is 0 Å². The molecule has 25 heavy (non-hydrogen) atoms. The summed E-state index contributed by atoms with van der Waals surface area (Å²) in [7, 11) is 0. The standard InChI is InChI=1S/C17H11F3N4O/c18-17(19,20)9-24-15-5-10(8-25)21-7-13(15)16(23-24)12-6-22-14-4-2-1-3-11(12)14/h1-8,22H,9H2. The van der Waals surface area contributed by atoms with Gasteiger partial charge in [-0.2, -0.15) is 18.3 Å². The fourth-order valence-electron chi connectivity index (χ4n) is 2.91. The summed E-state index contributed by atoms with van der Waals surface area (Å²) >= 11 is 0. The minimum absolute atomic E-state index is 0.0568. The lowest BCUT2D eigenvalue weighted by Crippen LogP contribution is -2.18. The summed E-state index contributed by atoms with van der Waals surface area (Å²) in [6, 6.07) is 8.76. The molecular weight excluding hydrogens is 333 g/mol. The number of aromatic nitrogens is 4. The molecule has 8 heteroatoms. The number of pyridine rings is 1. The highest BCUT2D eigenvalue weighted by Crippen LogP contribution is 2.34. The lowest BCUT2D eigenvalue weighted by Gasteiger charge is -2.07. The number of nitrogens with one attached hydrogen (secondary N) is 1. The van der Waals surface area contributed by atoms with Crippen LogP contribution in [0.1, 0.15) is 10.5 Å². The molecule has 5 nitrogen and oxygen atoms in total. The molecule has 0 aliphatic heterocycles. The molecule has 0 aliphatic carbocycles. The number of rotatable bonds is 3. The van der Waals surface area contributed by atoms with Crippen molar-refractivity contribution in [1.82, 2.24) is 19.7 Å². The average Bonchev–Trinajstić information content (AvgIpc) is 3.14. The second-order valence-corrected chi connectivity index (χ2v) is 5.61. The van der Waals surface area contributed by atoms with Gasteiger partial charge < -0.3 is 4.98 Å². The van der Waals surface area contributed by atoms with E-state index < -0.39 is 12.7 Å². The number of nitrogens with zero attached hydrogens (tertiary/aromatic N) is 3. The van der Waals surface area contributed by atoms with Gasteiger partial charge in [-0.25, -0.2) is 0 Å². The zero-order chi connectivity index (χ0) is 17.6. The van der Waals surface area contributed by atoms with Crippen LogP contribution in [0.15, 0.2) is 42.7 Å². The van der Waals surface area contributed by atoms with E-state index in [1.807, 2.05) is 24.3 Å². The Morgan fingerprint density at radius 3 is 2.76 bits per heavy atom. The second kappa shape index (κ2) is 5.44. The van der Waals surface area contributed by atoms with Crippen LogP contribution in [0.3, 0.4) is 0 Å². The Balaban J connectivity index is 1.99. The number of fused-ring (bicyclic) bond motifs is 2. The Labute approximate surface area is 139 Å². The Morgan fingerprint density at radius 1 is 1.20 bits per heavy atom. The van der Waals surface area contributed by atoms with Gasteiger partial charge in [0.25, 0.3) is 0 Å². The molecule has 3 aromatic heterocycles. The molecule has 0 atom stereocenters. The summed E-state index contributed by atoms with van der Waals surface area (Å²) in [6.07, 6.45) is -0.842. The molecule has 4 rings (SSSR count). The summed E-state index contributed by atoms with van der Waals surface area (Å²) < 4.78 is 39.6. The molecule has 3 heterocycles. The van der Waals surface area contributed by atoms with Crippen molar-refractivity contribution in [3.05, 3.63) is 48.4 Å². The highest BCUT2D eigenvalue weighted by atomic mass is 19.4. The zero-order valence-electron chi connectivity index (χ0n) is 12.7. The van der Waals surface area contributed by atoms with E-state index in [1.165, 1.54) is 12.3 Å². The largest absolute Gasteiger partial charge is 0.408 e. The van der Waals surface area contributed by atoms with Crippen LogP contribution >= 0.6 is 0 Å². The van der Waals surface area contributed by atoms with Crippen LogP contribution in [0.2, 0.25) is 0 Å². The first kappa shape index (κ1) is 15.4. The third-order valence-corrected chi connectivity index (χ3v) is 3.95. The molecule has 4 aromatic rings. The predicted octanol–water partition coefficient (Wildman–Crippen LogP) is 3.95. The Morgan fingerprint density at radius 2 is 2.00 bits per heavy atom. The molecule has 0 amide bonds. The monoisotopic (exact) mass is 344 g/mol. The van der Waals surface area contributed by atoms with Gasteiger partial charge in [0.05, 0.1) is 5.52 Å². The fraction of sp³-hybridized carbons (Fsp3) is 0.118. The number of carbonyl (C=O) groups is 1. The quantitative estimate of drug-likeness (QED) is 0.572. The maximum absolute atomic E-state index is 12.9. The lowest BCUT2D eigenvalue weighted by molar-refractivity contribution is -0.141. The number of halogens is 3. The van der Waals surface area contributed by atoms with Gasteiger partial charge >= 0.3 is 6.18 Å². The SMILES string of the molecule is O=Cc1cc2c(cn1)c(-c1c[nH]c3ccccc13)nn2CC(F)(F)F. The molecule has 0 saturated carbocycles. The molecule has 0 saturated heterocycles. The van der Waals surface area contributed by atoms with Gasteiger partial charge in [0.2, 0.25) is 0 Å². The van der Waals surface area contributed by atoms with E-state index in [2.05, 4.69) is 15.1 Å². The zero-order valence-corrected chi connectivity index (χ0v) is 12.7. The van der Waals surface area contributed by atoms with E-state index in [4.69, 9.17) is 0 Å². The third-order valence-electron chi connectivity index (χ3n) is 3.95. The first-order valence-corrected chi connectivity index (χ1v) is 7.41. The van der Waals surface area contributed by atoms with Crippen molar-refractivity contribution in [2.45, 2.75) is 12.7 Å². The number of carbonyl (C=O) groups excluding carboxylic acids is 1. The van der Waals surface area contributed by atoms with Gasteiger partial charge in [-0.3, -0.25) is 14.5 Å². The van der Waals surface area contributed by atoms with Gasteiger partial charge in [0.15, 0.2) is 6.29 Å². The normalized spacial score (nSPS) is 12.1. The van der Waals surface area contributed by atoms with Gasteiger partial charge in [0.1, 0.15) is 17.9 Å². The number of H-pyrrole nitrogens is 1. The molecule has 0 bridgehead atoms. The van der Waals surface area contributed by atoms with Gasteiger partial charge in [-0.15, -0.1) is 0 Å². The number of hydrogen-bond donors (Lipinski definition) is 1. The molecule has 0 fully saturated rings. The van der Waals surface area contributed by atoms with E-state index >= 15 is 0 Å². The van der Waals surface area contributed by atoms with E-state index in [0.717, 1.165) is 15.6 Å². The highest BCUT2D eigenvalue weighted by Gasteiger charge is 2.30.